The Morgan fingerprint density at radius 3 is 3.00 bits per heavy atom. The van der Waals surface area contributed by atoms with Crippen LogP contribution in [0.25, 0.3) is 0 Å². The summed E-state index contributed by atoms with van der Waals surface area (Å²) in [6.07, 6.45) is 1.42. The lowest BCUT2D eigenvalue weighted by molar-refractivity contribution is 0.0811. The average molecular weight is 137 g/mol. The molecule has 53 valence electrons. The molecule has 3 nitrogen and oxygen atoms in total. The quantitative estimate of drug-likeness (QED) is 0.617. The van der Waals surface area contributed by atoms with Gasteiger partial charge in [-0.15, -0.1) is 0 Å². The van der Waals surface area contributed by atoms with Crippen molar-refractivity contribution in [2.75, 3.05) is 0 Å². The molecule has 1 atom stereocenters. The van der Waals surface area contributed by atoms with Gasteiger partial charge in [0.1, 0.15) is 6.10 Å². The zero-order valence-electron chi connectivity index (χ0n) is 5.82. The highest BCUT2D eigenvalue weighted by Crippen LogP contribution is 2.11. The summed E-state index contributed by atoms with van der Waals surface area (Å²) in [6, 6.07) is 3.43. The van der Waals surface area contributed by atoms with Crippen molar-refractivity contribution in [3.63, 3.8) is 0 Å². The normalized spacial score (nSPS) is 13.0. The maximum Gasteiger partial charge on any atom is 0.136 e. The van der Waals surface area contributed by atoms with E-state index < -0.39 is 6.10 Å². The van der Waals surface area contributed by atoms with E-state index in [1.54, 1.807) is 18.3 Å². The molecule has 10 heavy (non-hydrogen) atoms. The SMILES string of the molecule is CCC([O])c1cccnn1. The van der Waals surface area contributed by atoms with Crippen molar-refractivity contribution in [1.82, 2.24) is 10.2 Å². The van der Waals surface area contributed by atoms with E-state index in [9.17, 15) is 5.11 Å². The van der Waals surface area contributed by atoms with Crippen LogP contribution < -0.4 is 0 Å². The molecule has 0 aromatic carbocycles. The van der Waals surface area contributed by atoms with Gasteiger partial charge < -0.3 is 0 Å². The van der Waals surface area contributed by atoms with Crippen LogP contribution in [-0.4, -0.2) is 10.2 Å². The van der Waals surface area contributed by atoms with Crippen LogP contribution in [0.3, 0.4) is 0 Å². The third kappa shape index (κ3) is 1.51. The Labute approximate surface area is 59.7 Å². The summed E-state index contributed by atoms with van der Waals surface area (Å²) in [5.74, 6) is 0. The second kappa shape index (κ2) is 3.27. The van der Waals surface area contributed by atoms with Gasteiger partial charge in [-0.25, -0.2) is 5.11 Å². The highest BCUT2D eigenvalue weighted by molar-refractivity contribution is 5.01. The molecule has 1 radical (unpaired) electrons. The second-order valence-electron chi connectivity index (χ2n) is 2.05. The molecule has 0 aliphatic carbocycles. The molecule has 0 aliphatic heterocycles. The fourth-order valence-corrected chi connectivity index (χ4v) is 0.694. The predicted molar refractivity (Wildman–Crippen MR) is 35.8 cm³/mol. The van der Waals surface area contributed by atoms with Gasteiger partial charge in [0.05, 0.1) is 5.69 Å². The van der Waals surface area contributed by atoms with Crippen LogP contribution in [0.1, 0.15) is 25.1 Å². The van der Waals surface area contributed by atoms with Crippen molar-refractivity contribution in [2.45, 2.75) is 19.4 Å². The minimum atomic E-state index is -0.714. The monoisotopic (exact) mass is 137 g/mol. The Bertz CT molecular complexity index is 188. The van der Waals surface area contributed by atoms with E-state index in [1.165, 1.54) is 0 Å². The maximum absolute atomic E-state index is 11.0. The summed E-state index contributed by atoms with van der Waals surface area (Å²) in [6.45, 7) is 1.84. The fourth-order valence-electron chi connectivity index (χ4n) is 0.694. The molecule has 0 N–H and O–H groups in total. The first-order valence-electron chi connectivity index (χ1n) is 3.28. The molecule has 0 fully saturated rings. The van der Waals surface area contributed by atoms with Gasteiger partial charge in [-0.1, -0.05) is 6.92 Å². The van der Waals surface area contributed by atoms with E-state index in [4.69, 9.17) is 0 Å². The lowest BCUT2D eigenvalue weighted by Gasteiger charge is -2.00. The first kappa shape index (κ1) is 7.15. The van der Waals surface area contributed by atoms with Gasteiger partial charge in [0.25, 0.3) is 0 Å². The van der Waals surface area contributed by atoms with Gasteiger partial charge in [0.2, 0.25) is 0 Å². The summed E-state index contributed by atoms with van der Waals surface area (Å²) in [7, 11) is 0. The minimum Gasteiger partial charge on any atom is -0.226 e. The molecule has 1 aromatic rings. The average Bonchev–Trinajstić information content (AvgIpc) is 2.05. The standard InChI is InChI=1S/C7H9N2O/c1-2-7(10)6-4-3-5-8-9-6/h3-5,7H,2H2,1H3. The second-order valence-corrected chi connectivity index (χ2v) is 2.05. The molecule has 1 heterocycles. The molecule has 0 saturated heterocycles. The van der Waals surface area contributed by atoms with Crippen LogP contribution in [-0.2, 0) is 5.11 Å². The van der Waals surface area contributed by atoms with Crippen LogP contribution in [0.4, 0.5) is 0 Å². The molecule has 0 saturated carbocycles. The van der Waals surface area contributed by atoms with Gasteiger partial charge in [0.15, 0.2) is 0 Å². The molecule has 1 unspecified atom stereocenters. The molecular formula is C7H9N2O. The zero-order chi connectivity index (χ0) is 7.40. The Kier molecular flexibility index (Phi) is 2.34. The molecule has 3 heteroatoms. The molecule has 0 spiro atoms. The van der Waals surface area contributed by atoms with Gasteiger partial charge >= 0.3 is 0 Å². The van der Waals surface area contributed by atoms with Gasteiger partial charge in [-0.3, -0.25) is 0 Å². The molecule has 0 aliphatic rings. The summed E-state index contributed by atoms with van der Waals surface area (Å²) in [5.41, 5.74) is 0.532. The first-order chi connectivity index (χ1) is 4.84. The van der Waals surface area contributed by atoms with Crippen LogP contribution in [0, 0.1) is 0 Å². The number of rotatable bonds is 2. The van der Waals surface area contributed by atoms with Crippen molar-refractivity contribution in [3.8, 4) is 0 Å². The van der Waals surface area contributed by atoms with Crippen molar-refractivity contribution >= 4 is 0 Å². The summed E-state index contributed by atoms with van der Waals surface area (Å²) < 4.78 is 0. The number of hydrogen-bond acceptors (Lipinski definition) is 2. The van der Waals surface area contributed by atoms with Crippen molar-refractivity contribution in [1.29, 1.82) is 0 Å². The number of nitrogens with zero attached hydrogens (tertiary/aromatic N) is 2. The lowest BCUT2D eigenvalue weighted by atomic mass is 10.2. The van der Waals surface area contributed by atoms with E-state index >= 15 is 0 Å². The largest absolute Gasteiger partial charge is 0.226 e. The van der Waals surface area contributed by atoms with Crippen molar-refractivity contribution < 1.29 is 5.11 Å². The van der Waals surface area contributed by atoms with Crippen molar-refractivity contribution in [2.24, 2.45) is 0 Å². The Morgan fingerprint density at radius 1 is 1.70 bits per heavy atom. The van der Waals surface area contributed by atoms with Crippen LogP contribution in [0.5, 0.6) is 0 Å². The highest BCUT2D eigenvalue weighted by atomic mass is 16.3. The summed E-state index contributed by atoms with van der Waals surface area (Å²) >= 11 is 0. The van der Waals surface area contributed by atoms with Gasteiger partial charge in [-0.2, -0.15) is 10.2 Å². The van der Waals surface area contributed by atoms with Crippen molar-refractivity contribution in [3.05, 3.63) is 24.0 Å². The van der Waals surface area contributed by atoms with Crippen LogP contribution in [0.2, 0.25) is 0 Å². The maximum atomic E-state index is 11.0. The Hall–Kier alpha value is -0.960. The minimum absolute atomic E-state index is 0.532. The van der Waals surface area contributed by atoms with Crippen LogP contribution in [0.15, 0.2) is 18.3 Å². The lowest BCUT2D eigenvalue weighted by Crippen LogP contribution is -1.97. The summed E-state index contributed by atoms with van der Waals surface area (Å²) in [4.78, 5) is 0. The smallest absolute Gasteiger partial charge is 0.136 e. The van der Waals surface area contributed by atoms with Gasteiger partial charge in [-0.05, 0) is 18.6 Å². The molecule has 0 bridgehead atoms. The van der Waals surface area contributed by atoms with E-state index in [2.05, 4.69) is 10.2 Å². The first-order valence-corrected chi connectivity index (χ1v) is 3.28. The molecule has 1 aromatic heterocycles. The van der Waals surface area contributed by atoms with Crippen LogP contribution >= 0.6 is 0 Å². The Morgan fingerprint density at radius 2 is 2.50 bits per heavy atom. The highest BCUT2D eigenvalue weighted by Gasteiger charge is 2.06. The topological polar surface area (TPSA) is 45.7 Å². The summed E-state index contributed by atoms with van der Waals surface area (Å²) in [5, 5.41) is 18.3. The van der Waals surface area contributed by atoms with E-state index in [0.717, 1.165) is 0 Å². The third-order valence-corrected chi connectivity index (χ3v) is 1.29. The van der Waals surface area contributed by atoms with E-state index in [-0.39, 0.29) is 0 Å². The fraction of sp³-hybridized carbons (Fsp3) is 0.429. The van der Waals surface area contributed by atoms with E-state index in [0.29, 0.717) is 12.1 Å². The third-order valence-electron chi connectivity index (χ3n) is 1.29. The predicted octanol–water partition coefficient (Wildman–Crippen LogP) is 1.36. The Balaban J connectivity index is 2.75. The molecule has 0 amide bonds. The zero-order valence-corrected chi connectivity index (χ0v) is 5.82. The van der Waals surface area contributed by atoms with Gasteiger partial charge in [0, 0.05) is 6.20 Å². The number of hydrogen-bond donors (Lipinski definition) is 0. The number of aromatic nitrogens is 2. The van der Waals surface area contributed by atoms with E-state index in [1.807, 2.05) is 6.92 Å². The molecular weight excluding hydrogens is 128 g/mol. The molecule has 1 rings (SSSR count).